The van der Waals surface area contributed by atoms with E-state index >= 15 is 0 Å². The van der Waals surface area contributed by atoms with Crippen LogP contribution < -0.4 is 9.64 Å². The Hall–Kier alpha value is -1.33. The summed E-state index contributed by atoms with van der Waals surface area (Å²) in [5.74, 6) is 1.72. The zero-order valence-corrected chi connectivity index (χ0v) is 12.4. The van der Waals surface area contributed by atoms with E-state index in [0.717, 1.165) is 34.7 Å². The highest BCUT2D eigenvalue weighted by Crippen LogP contribution is 2.29. The maximum atomic E-state index is 5.88. The first kappa shape index (κ1) is 12.7. The van der Waals surface area contributed by atoms with E-state index in [0.29, 0.717) is 6.61 Å². The molecule has 0 aliphatic carbocycles. The molecule has 6 heteroatoms. The fourth-order valence-corrected chi connectivity index (χ4v) is 2.64. The van der Waals surface area contributed by atoms with Crippen LogP contribution in [0.1, 0.15) is 5.56 Å². The largest absolute Gasteiger partial charge is 0.491 e. The Morgan fingerprint density at radius 2 is 2.16 bits per heavy atom. The van der Waals surface area contributed by atoms with Crippen molar-refractivity contribution >= 4 is 33.3 Å². The van der Waals surface area contributed by atoms with Gasteiger partial charge in [0, 0.05) is 18.3 Å². The average Bonchev–Trinajstić information content (AvgIpc) is 2.63. The van der Waals surface area contributed by atoms with E-state index in [-0.39, 0.29) is 5.28 Å². The summed E-state index contributed by atoms with van der Waals surface area (Å²) in [6.45, 7) is 2.10. The van der Waals surface area contributed by atoms with Gasteiger partial charge in [0.15, 0.2) is 0 Å². The Kier molecular flexibility index (Phi) is 3.57. The second-order valence-electron chi connectivity index (χ2n) is 4.19. The van der Waals surface area contributed by atoms with Gasteiger partial charge in [0.25, 0.3) is 0 Å². The molecule has 0 bridgehead atoms. The van der Waals surface area contributed by atoms with Crippen LogP contribution in [0, 0.1) is 0 Å². The van der Waals surface area contributed by atoms with Gasteiger partial charge in [-0.3, -0.25) is 0 Å². The van der Waals surface area contributed by atoms with Gasteiger partial charge < -0.3 is 9.64 Å². The van der Waals surface area contributed by atoms with E-state index in [1.54, 1.807) is 6.20 Å². The maximum Gasteiger partial charge on any atom is 0.224 e. The van der Waals surface area contributed by atoms with Crippen molar-refractivity contribution in [2.75, 3.05) is 18.1 Å². The van der Waals surface area contributed by atoms with E-state index in [1.807, 2.05) is 18.2 Å². The number of anilines is 1. The van der Waals surface area contributed by atoms with Crippen LogP contribution in [0.2, 0.25) is 5.28 Å². The molecule has 3 rings (SSSR count). The highest BCUT2D eigenvalue weighted by Gasteiger charge is 2.18. The number of halogens is 2. The normalized spacial score (nSPS) is 14.5. The van der Waals surface area contributed by atoms with E-state index in [4.69, 9.17) is 16.3 Å². The van der Waals surface area contributed by atoms with Crippen molar-refractivity contribution in [3.8, 4) is 5.75 Å². The third kappa shape index (κ3) is 2.67. The molecule has 19 heavy (non-hydrogen) atoms. The molecule has 0 atom stereocenters. The van der Waals surface area contributed by atoms with Gasteiger partial charge in [0.1, 0.15) is 18.2 Å². The number of aromatic nitrogens is 2. The van der Waals surface area contributed by atoms with Crippen LogP contribution in [-0.2, 0) is 6.54 Å². The molecule has 1 aliphatic rings. The molecule has 1 aliphatic heterocycles. The molecule has 0 saturated heterocycles. The minimum absolute atomic E-state index is 0.247. The van der Waals surface area contributed by atoms with Gasteiger partial charge in [0.05, 0.1) is 11.0 Å². The van der Waals surface area contributed by atoms with Crippen molar-refractivity contribution in [2.24, 2.45) is 0 Å². The lowest BCUT2D eigenvalue weighted by Crippen LogP contribution is -2.26. The summed E-state index contributed by atoms with van der Waals surface area (Å²) in [7, 11) is 0. The number of nitrogens with zero attached hydrogens (tertiary/aromatic N) is 3. The predicted octanol–water partition coefficient (Wildman–Crippen LogP) is 3.29. The summed E-state index contributed by atoms with van der Waals surface area (Å²) in [6, 6.07) is 8.03. The smallest absolute Gasteiger partial charge is 0.224 e. The molecule has 98 valence electrons. The topological polar surface area (TPSA) is 38.2 Å². The van der Waals surface area contributed by atoms with Gasteiger partial charge in [-0.05, 0) is 33.6 Å². The lowest BCUT2D eigenvalue weighted by atomic mass is 10.2. The first-order chi connectivity index (χ1) is 9.24. The Bertz CT molecular complexity index is 608. The van der Waals surface area contributed by atoms with E-state index < -0.39 is 0 Å². The first-order valence-electron chi connectivity index (χ1n) is 5.88. The van der Waals surface area contributed by atoms with E-state index in [2.05, 4.69) is 36.9 Å². The maximum absolute atomic E-state index is 5.88. The number of hydrogen-bond donors (Lipinski definition) is 0. The Morgan fingerprint density at radius 1 is 1.32 bits per heavy atom. The summed E-state index contributed by atoms with van der Waals surface area (Å²) < 4.78 is 6.57. The number of benzene rings is 1. The van der Waals surface area contributed by atoms with Crippen LogP contribution in [0.5, 0.6) is 5.75 Å². The molecular formula is C13H11BrClN3O. The molecule has 0 saturated carbocycles. The quantitative estimate of drug-likeness (QED) is 0.747. The third-order valence-electron chi connectivity index (χ3n) is 2.95. The van der Waals surface area contributed by atoms with Crippen LogP contribution in [-0.4, -0.2) is 23.1 Å². The van der Waals surface area contributed by atoms with Crippen molar-refractivity contribution in [3.63, 3.8) is 0 Å². The van der Waals surface area contributed by atoms with Crippen molar-refractivity contribution in [3.05, 3.63) is 45.8 Å². The summed E-state index contributed by atoms with van der Waals surface area (Å²) in [5, 5.41) is 0.247. The number of fused-ring (bicyclic) bond motifs is 1. The number of para-hydroxylation sites is 1. The predicted molar refractivity (Wildman–Crippen MR) is 77.7 cm³/mol. The molecule has 0 radical (unpaired) electrons. The summed E-state index contributed by atoms with van der Waals surface area (Å²) in [4.78, 5) is 10.4. The summed E-state index contributed by atoms with van der Waals surface area (Å²) >= 11 is 9.34. The second-order valence-corrected chi connectivity index (χ2v) is 5.38. The zero-order valence-electron chi connectivity index (χ0n) is 10.0. The minimum atomic E-state index is 0.247. The van der Waals surface area contributed by atoms with E-state index in [1.165, 1.54) is 0 Å². The Morgan fingerprint density at radius 3 is 3.05 bits per heavy atom. The van der Waals surface area contributed by atoms with E-state index in [9.17, 15) is 0 Å². The lowest BCUT2D eigenvalue weighted by Gasteiger charge is -2.21. The summed E-state index contributed by atoms with van der Waals surface area (Å²) in [5.41, 5.74) is 1.14. The van der Waals surface area contributed by atoms with Gasteiger partial charge in [0.2, 0.25) is 5.28 Å². The van der Waals surface area contributed by atoms with Gasteiger partial charge >= 0.3 is 0 Å². The lowest BCUT2D eigenvalue weighted by molar-refractivity contribution is 0.331. The SMILES string of the molecule is Clc1ncc(Br)c(N2CCOc3ccccc3C2)n1. The van der Waals surface area contributed by atoms with Gasteiger partial charge in [-0.15, -0.1) is 0 Å². The van der Waals surface area contributed by atoms with Crippen molar-refractivity contribution in [1.82, 2.24) is 9.97 Å². The monoisotopic (exact) mass is 339 g/mol. The molecule has 0 unspecified atom stereocenters. The van der Waals surface area contributed by atoms with Gasteiger partial charge in [-0.1, -0.05) is 18.2 Å². The van der Waals surface area contributed by atoms with Crippen LogP contribution in [0.25, 0.3) is 0 Å². The van der Waals surface area contributed by atoms with Crippen LogP contribution in [0.15, 0.2) is 34.9 Å². The molecule has 4 nitrogen and oxygen atoms in total. The fourth-order valence-electron chi connectivity index (χ4n) is 2.07. The van der Waals surface area contributed by atoms with Gasteiger partial charge in [-0.25, -0.2) is 4.98 Å². The van der Waals surface area contributed by atoms with Crippen molar-refractivity contribution in [2.45, 2.75) is 6.54 Å². The molecule has 2 aromatic rings. The fraction of sp³-hybridized carbons (Fsp3) is 0.231. The second kappa shape index (κ2) is 5.35. The van der Waals surface area contributed by atoms with Crippen LogP contribution >= 0.6 is 27.5 Å². The standard InChI is InChI=1S/C13H11BrClN3O/c14-10-7-16-13(15)17-12(10)18-5-6-19-11-4-2-1-3-9(11)8-18/h1-4,7H,5-6,8H2. The highest BCUT2D eigenvalue weighted by atomic mass is 79.9. The molecule has 0 spiro atoms. The van der Waals surface area contributed by atoms with Gasteiger partial charge in [-0.2, -0.15) is 4.98 Å². The Balaban J connectivity index is 1.96. The van der Waals surface area contributed by atoms with Crippen molar-refractivity contribution < 1.29 is 4.74 Å². The van der Waals surface area contributed by atoms with Crippen LogP contribution in [0.3, 0.4) is 0 Å². The molecular weight excluding hydrogens is 330 g/mol. The summed E-state index contributed by atoms with van der Waals surface area (Å²) in [6.07, 6.45) is 1.67. The zero-order chi connectivity index (χ0) is 13.2. The third-order valence-corrected chi connectivity index (χ3v) is 3.69. The average molecular weight is 341 g/mol. The number of hydrogen-bond acceptors (Lipinski definition) is 4. The van der Waals surface area contributed by atoms with Crippen molar-refractivity contribution in [1.29, 1.82) is 0 Å². The number of rotatable bonds is 1. The van der Waals surface area contributed by atoms with Crippen LogP contribution in [0.4, 0.5) is 5.82 Å². The highest BCUT2D eigenvalue weighted by molar-refractivity contribution is 9.10. The minimum Gasteiger partial charge on any atom is -0.491 e. The molecule has 1 aromatic carbocycles. The molecule has 1 aromatic heterocycles. The number of ether oxygens (including phenoxy) is 1. The molecule has 0 N–H and O–H groups in total. The molecule has 2 heterocycles. The Labute approximate surface area is 124 Å². The first-order valence-corrected chi connectivity index (χ1v) is 7.05. The molecule has 0 amide bonds. The molecule has 0 fully saturated rings.